The summed E-state index contributed by atoms with van der Waals surface area (Å²) in [5.41, 5.74) is 2.65. The first-order valence-corrected chi connectivity index (χ1v) is 9.54. The summed E-state index contributed by atoms with van der Waals surface area (Å²) in [7, 11) is -1.13. The molecular weight excluding hydrogens is 272 g/mol. The maximum Gasteiger partial charge on any atom is 0.270 e. The lowest BCUT2D eigenvalue weighted by Gasteiger charge is -2.03. The van der Waals surface area contributed by atoms with Crippen LogP contribution in [0, 0.1) is 6.92 Å². The average Bonchev–Trinajstić information content (AvgIpc) is 2.48. The van der Waals surface area contributed by atoms with E-state index in [1.165, 1.54) is 11.1 Å². The van der Waals surface area contributed by atoms with Gasteiger partial charge in [-0.15, -0.1) is 6.58 Å². The van der Waals surface area contributed by atoms with E-state index in [2.05, 4.69) is 56.8 Å². The zero-order chi connectivity index (χ0) is 16.1. The number of benzene rings is 2. The van der Waals surface area contributed by atoms with E-state index in [0.29, 0.717) is 5.92 Å². The minimum absolute atomic E-state index is 0.473. The lowest BCUT2D eigenvalue weighted by molar-refractivity contribution is 0.569. The number of hydrogen-bond acceptors (Lipinski definition) is 1. The Morgan fingerprint density at radius 1 is 0.952 bits per heavy atom. The Labute approximate surface area is 131 Å². The topological polar surface area (TPSA) is 17.1 Å². The Morgan fingerprint density at radius 2 is 1.33 bits per heavy atom. The van der Waals surface area contributed by atoms with Gasteiger partial charge in [-0.1, -0.05) is 79.2 Å². The van der Waals surface area contributed by atoms with Gasteiger partial charge in [-0.25, -0.2) is 0 Å². The Bertz CT molecular complexity index is 502. The number of hydrogen-bond donors (Lipinski definition) is 0. The maximum absolute atomic E-state index is 9.63. The molecule has 0 heterocycles. The highest BCUT2D eigenvalue weighted by molar-refractivity contribution is 6.38. The van der Waals surface area contributed by atoms with Crippen molar-refractivity contribution in [2.24, 2.45) is 0 Å². The van der Waals surface area contributed by atoms with Gasteiger partial charge in [0.2, 0.25) is 0 Å². The van der Waals surface area contributed by atoms with Crippen LogP contribution in [0.4, 0.5) is 0 Å². The monoisotopic (exact) mass is 298 g/mol. The second kappa shape index (κ2) is 12.0. The molecule has 2 aromatic carbocycles. The van der Waals surface area contributed by atoms with E-state index in [1.807, 2.05) is 30.3 Å². The van der Waals surface area contributed by atoms with Crippen molar-refractivity contribution in [1.29, 1.82) is 0 Å². The lowest BCUT2D eigenvalue weighted by atomic mass is 10.0. The van der Waals surface area contributed by atoms with Crippen molar-refractivity contribution in [3.8, 4) is 0 Å². The zero-order valence-corrected chi connectivity index (χ0v) is 14.5. The van der Waals surface area contributed by atoms with E-state index in [4.69, 9.17) is 0 Å². The molecule has 0 saturated carbocycles. The van der Waals surface area contributed by atoms with Gasteiger partial charge in [-0.2, -0.15) is 0 Å². The minimum Gasteiger partial charge on any atom is -0.389 e. The number of allylic oxidation sites excluding steroid dienone is 1. The fraction of sp³-hybridized carbons (Fsp3) is 0.263. The summed E-state index contributed by atoms with van der Waals surface area (Å²) in [6.07, 6.45) is 1.95. The van der Waals surface area contributed by atoms with Gasteiger partial charge in [-0.05, 0) is 31.5 Å². The van der Waals surface area contributed by atoms with Crippen LogP contribution in [0.1, 0.15) is 24.0 Å². The Kier molecular flexibility index (Phi) is 10.9. The normalized spacial score (nSPS) is 10.1. The predicted octanol–water partition coefficient (Wildman–Crippen LogP) is 5.64. The molecule has 0 aliphatic rings. The molecule has 0 bridgehead atoms. The third kappa shape index (κ3) is 11.7. The van der Waals surface area contributed by atoms with Gasteiger partial charge < -0.3 is 4.46 Å². The smallest absolute Gasteiger partial charge is 0.270 e. The van der Waals surface area contributed by atoms with Crippen LogP contribution < -0.4 is 0 Å². The van der Waals surface area contributed by atoms with Gasteiger partial charge in [0, 0.05) is 0 Å². The molecule has 0 spiro atoms. The van der Waals surface area contributed by atoms with Crippen LogP contribution in [0.15, 0.2) is 73.3 Å². The molecule has 2 heteroatoms. The van der Waals surface area contributed by atoms with E-state index in [1.54, 1.807) is 13.1 Å². The average molecular weight is 299 g/mol. The quantitative estimate of drug-likeness (QED) is 0.518. The van der Waals surface area contributed by atoms with Crippen molar-refractivity contribution in [3.05, 3.63) is 84.4 Å². The van der Waals surface area contributed by atoms with Crippen LogP contribution in [0.2, 0.25) is 13.1 Å². The fourth-order valence-electron chi connectivity index (χ4n) is 1.43. The van der Waals surface area contributed by atoms with Crippen molar-refractivity contribution < 1.29 is 4.46 Å². The molecule has 0 aliphatic carbocycles. The summed E-state index contributed by atoms with van der Waals surface area (Å²) in [6.45, 7) is 11.4. The Balaban J connectivity index is 0.000000317. The zero-order valence-electron chi connectivity index (χ0n) is 13.5. The molecule has 1 nitrogen and oxygen atoms in total. The third-order valence-electron chi connectivity index (χ3n) is 2.62. The molecule has 0 aliphatic heterocycles. The van der Waals surface area contributed by atoms with Gasteiger partial charge >= 0.3 is 0 Å². The van der Waals surface area contributed by atoms with Crippen LogP contribution in [-0.4, -0.2) is 8.68 Å². The van der Waals surface area contributed by atoms with Crippen molar-refractivity contribution in [2.45, 2.75) is 32.9 Å². The van der Waals surface area contributed by atoms with Crippen LogP contribution in [0.25, 0.3) is 0 Å². The molecule has 0 N–H and O–H groups in total. The number of rotatable bonds is 2. The first-order chi connectivity index (χ1) is 9.97. The first-order valence-electron chi connectivity index (χ1n) is 7.13. The largest absolute Gasteiger partial charge is 0.389 e. The van der Waals surface area contributed by atoms with Crippen LogP contribution in [0.5, 0.6) is 0 Å². The van der Waals surface area contributed by atoms with Gasteiger partial charge in [0.05, 0.1) is 0 Å². The third-order valence-corrected chi connectivity index (χ3v) is 2.62. The molecule has 0 fully saturated rings. The highest BCUT2D eigenvalue weighted by Gasteiger charge is 1.96. The molecule has 112 valence electrons. The molecular formula is C19H26OSi. The van der Waals surface area contributed by atoms with Gasteiger partial charge in [-0.3, -0.25) is 0 Å². The summed E-state index contributed by atoms with van der Waals surface area (Å²) in [5, 5.41) is 0. The van der Waals surface area contributed by atoms with Crippen molar-refractivity contribution in [3.63, 3.8) is 0 Å². The maximum atomic E-state index is 9.63. The van der Waals surface area contributed by atoms with E-state index < -0.39 is 8.68 Å². The van der Waals surface area contributed by atoms with Crippen LogP contribution >= 0.6 is 0 Å². The van der Waals surface area contributed by atoms with Crippen molar-refractivity contribution in [2.75, 3.05) is 0 Å². The second-order valence-corrected chi connectivity index (χ2v) is 6.81. The molecule has 1 atom stereocenters. The van der Waals surface area contributed by atoms with E-state index in [9.17, 15) is 4.46 Å². The van der Waals surface area contributed by atoms with E-state index in [-0.39, 0.29) is 0 Å². The standard InChI is InChI=1S/C10H12.C7H8.C2H6OSi/c1-3-9(2)10-7-5-4-6-8-10;1-7-5-3-2-4-6-7;1-4(2)3/h3-9H,1H2,2H3;2-6H,1H3;1-2H3. The lowest BCUT2D eigenvalue weighted by Crippen LogP contribution is -1.85. The second-order valence-electron chi connectivity index (χ2n) is 5.00. The van der Waals surface area contributed by atoms with E-state index in [0.717, 1.165) is 0 Å². The molecule has 0 amide bonds. The molecule has 2 rings (SSSR count). The highest BCUT2D eigenvalue weighted by atomic mass is 28.2. The molecule has 0 aromatic heterocycles. The van der Waals surface area contributed by atoms with Crippen molar-refractivity contribution in [1.82, 2.24) is 0 Å². The van der Waals surface area contributed by atoms with Crippen molar-refractivity contribution >= 4 is 8.68 Å². The van der Waals surface area contributed by atoms with Gasteiger partial charge in [0.1, 0.15) is 0 Å². The van der Waals surface area contributed by atoms with Gasteiger partial charge in [0.15, 0.2) is 0 Å². The number of aryl methyl sites for hydroxylation is 1. The Morgan fingerprint density at radius 3 is 1.62 bits per heavy atom. The molecule has 0 saturated heterocycles. The molecule has 2 aromatic rings. The summed E-state index contributed by atoms with van der Waals surface area (Å²) in [5.74, 6) is 0.473. The minimum atomic E-state index is -1.13. The SMILES string of the molecule is C=CC(C)c1ccccc1.C[Si](C)=O.Cc1ccccc1. The predicted molar refractivity (Wildman–Crippen MR) is 94.4 cm³/mol. The van der Waals surface area contributed by atoms with E-state index >= 15 is 0 Å². The van der Waals surface area contributed by atoms with Crippen LogP contribution in [-0.2, 0) is 4.46 Å². The highest BCUT2D eigenvalue weighted by Crippen LogP contribution is 2.14. The first kappa shape index (κ1) is 19.2. The molecule has 1 unspecified atom stereocenters. The summed E-state index contributed by atoms with van der Waals surface area (Å²) < 4.78 is 9.63. The van der Waals surface area contributed by atoms with Crippen LogP contribution in [0.3, 0.4) is 0 Å². The summed E-state index contributed by atoms with van der Waals surface area (Å²) in [6, 6.07) is 20.6. The summed E-state index contributed by atoms with van der Waals surface area (Å²) in [4.78, 5) is 0. The molecule has 21 heavy (non-hydrogen) atoms. The molecule has 0 radical (unpaired) electrons. The van der Waals surface area contributed by atoms with Gasteiger partial charge in [0.25, 0.3) is 8.68 Å². The summed E-state index contributed by atoms with van der Waals surface area (Å²) >= 11 is 0. The Hall–Kier alpha value is -1.80. The fourth-order valence-corrected chi connectivity index (χ4v) is 1.43.